The Bertz CT molecular complexity index is 574. The molecule has 106 valence electrons. The minimum atomic E-state index is -0.393. The van der Waals surface area contributed by atoms with Crippen molar-refractivity contribution in [3.05, 3.63) is 24.0 Å². The Labute approximate surface area is 115 Å². The molecule has 2 aromatic rings. The summed E-state index contributed by atoms with van der Waals surface area (Å²) in [4.78, 5) is 0. The first-order chi connectivity index (χ1) is 9.72. The average Bonchev–Trinajstić information content (AvgIpc) is 2.87. The molecule has 1 fully saturated rings. The summed E-state index contributed by atoms with van der Waals surface area (Å²) in [6.07, 6.45) is 2.14. The van der Waals surface area contributed by atoms with E-state index in [1.54, 1.807) is 10.7 Å². The number of tetrazole rings is 1. The van der Waals surface area contributed by atoms with E-state index in [2.05, 4.69) is 15.5 Å². The number of nitrogens with two attached hydrogens (primary N) is 1. The van der Waals surface area contributed by atoms with Crippen LogP contribution in [-0.4, -0.2) is 33.4 Å². The molecule has 20 heavy (non-hydrogen) atoms. The van der Waals surface area contributed by atoms with Crippen molar-refractivity contribution in [3.8, 4) is 11.4 Å². The first kappa shape index (κ1) is 13.0. The summed E-state index contributed by atoms with van der Waals surface area (Å²) < 4.78 is 20.6. The first-order valence-electron chi connectivity index (χ1n) is 6.63. The molecule has 0 aliphatic carbocycles. The van der Waals surface area contributed by atoms with Crippen LogP contribution >= 0.6 is 0 Å². The van der Waals surface area contributed by atoms with Crippen LogP contribution in [0.15, 0.2) is 18.2 Å². The fourth-order valence-corrected chi connectivity index (χ4v) is 2.47. The van der Waals surface area contributed by atoms with Crippen molar-refractivity contribution in [1.82, 2.24) is 20.2 Å². The number of hydrogen-bond acceptors (Lipinski definition) is 5. The van der Waals surface area contributed by atoms with Crippen molar-refractivity contribution in [2.24, 2.45) is 5.92 Å². The Hall–Kier alpha value is -2.02. The molecule has 7 heteroatoms. The predicted molar refractivity (Wildman–Crippen MR) is 71.2 cm³/mol. The maximum Gasteiger partial charge on any atom is 0.182 e. The van der Waals surface area contributed by atoms with Crippen molar-refractivity contribution in [1.29, 1.82) is 0 Å². The fourth-order valence-electron chi connectivity index (χ4n) is 2.47. The molecule has 0 radical (unpaired) electrons. The summed E-state index contributed by atoms with van der Waals surface area (Å²) in [5.41, 5.74) is 6.61. The second-order valence-electron chi connectivity index (χ2n) is 5.04. The zero-order valence-corrected chi connectivity index (χ0v) is 11.0. The van der Waals surface area contributed by atoms with Crippen LogP contribution in [0.1, 0.15) is 12.8 Å². The molecule has 6 nitrogen and oxygen atoms in total. The third kappa shape index (κ3) is 2.77. The maximum absolute atomic E-state index is 13.4. The van der Waals surface area contributed by atoms with Gasteiger partial charge in [-0.3, -0.25) is 0 Å². The van der Waals surface area contributed by atoms with Crippen molar-refractivity contribution in [3.63, 3.8) is 0 Å². The number of rotatable bonds is 3. The van der Waals surface area contributed by atoms with Gasteiger partial charge in [-0.05, 0) is 41.5 Å². The molecular weight excluding hydrogens is 261 g/mol. The number of nitrogens with zero attached hydrogens (tertiary/aromatic N) is 4. The highest BCUT2D eigenvalue weighted by Crippen LogP contribution is 2.22. The second-order valence-corrected chi connectivity index (χ2v) is 5.04. The lowest BCUT2D eigenvalue weighted by Gasteiger charge is -2.21. The lowest BCUT2D eigenvalue weighted by molar-refractivity contribution is 0.0470. The maximum atomic E-state index is 13.4. The van der Waals surface area contributed by atoms with Crippen molar-refractivity contribution in [2.75, 3.05) is 18.9 Å². The largest absolute Gasteiger partial charge is 0.399 e. The molecule has 0 amide bonds. The van der Waals surface area contributed by atoms with E-state index in [1.807, 2.05) is 0 Å². The number of nitrogen functional groups attached to an aromatic ring is 1. The minimum Gasteiger partial charge on any atom is -0.399 e. The predicted octanol–water partition coefficient (Wildman–Crippen LogP) is 1.49. The molecule has 1 unspecified atom stereocenters. The van der Waals surface area contributed by atoms with Crippen LogP contribution in [0.5, 0.6) is 0 Å². The van der Waals surface area contributed by atoms with Crippen LogP contribution in [0.25, 0.3) is 11.4 Å². The molecule has 0 spiro atoms. The van der Waals surface area contributed by atoms with Crippen molar-refractivity contribution in [2.45, 2.75) is 19.4 Å². The van der Waals surface area contributed by atoms with E-state index in [9.17, 15) is 4.39 Å². The Morgan fingerprint density at radius 1 is 1.40 bits per heavy atom. The van der Waals surface area contributed by atoms with Gasteiger partial charge >= 0.3 is 0 Å². The normalized spacial score (nSPS) is 19.1. The molecule has 3 rings (SSSR count). The smallest absolute Gasteiger partial charge is 0.182 e. The number of hydrogen-bond donors (Lipinski definition) is 1. The molecule has 2 N–H and O–H groups in total. The summed E-state index contributed by atoms with van der Waals surface area (Å²) in [6, 6.07) is 4.32. The zero-order chi connectivity index (χ0) is 13.9. The summed E-state index contributed by atoms with van der Waals surface area (Å²) in [5.74, 6) is 0.522. The fraction of sp³-hybridized carbons (Fsp3) is 0.462. The van der Waals surface area contributed by atoms with Crippen LogP contribution in [0.3, 0.4) is 0 Å². The quantitative estimate of drug-likeness (QED) is 0.860. The third-order valence-electron chi connectivity index (χ3n) is 3.40. The molecule has 0 saturated carbocycles. The van der Waals surface area contributed by atoms with E-state index >= 15 is 0 Å². The van der Waals surface area contributed by atoms with E-state index in [0.717, 1.165) is 19.4 Å². The highest BCUT2D eigenvalue weighted by atomic mass is 19.1. The van der Waals surface area contributed by atoms with Gasteiger partial charge in [-0.15, -0.1) is 5.10 Å². The van der Waals surface area contributed by atoms with Gasteiger partial charge in [0, 0.05) is 23.8 Å². The number of benzene rings is 1. The van der Waals surface area contributed by atoms with E-state index in [1.165, 1.54) is 12.1 Å². The van der Waals surface area contributed by atoms with Gasteiger partial charge in [-0.25, -0.2) is 9.07 Å². The standard InChI is InChI=1S/C13H16FN5O/c14-11-4-10(5-12(15)6-11)13-16-17-18-19(13)7-9-2-1-3-20-8-9/h4-6,9H,1-3,7-8,15H2. The van der Waals surface area contributed by atoms with Crippen LogP contribution in [-0.2, 0) is 11.3 Å². The van der Waals surface area contributed by atoms with Gasteiger partial charge in [-0.1, -0.05) is 0 Å². The summed E-state index contributed by atoms with van der Waals surface area (Å²) >= 11 is 0. The van der Waals surface area contributed by atoms with E-state index in [4.69, 9.17) is 10.5 Å². The van der Waals surface area contributed by atoms with E-state index < -0.39 is 5.82 Å². The molecule has 2 heterocycles. The number of ether oxygens (including phenoxy) is 1. The number of anilines is 1. The van der Waals surface area contributed by atoms with Gasteiger partial charge in [0.1, 0.15) is 5.82 Å². The molecule has 1 aliphatic rings. The lowest BCUT2D eigenvalue weighted by Crippen LogP contribution is -2.23. The first-order valence-corrected chi connectivity index (χ1v) is 6.63. The van der Waals surface area contributed by atoms with Crippen molar-refractivity contribution >= 4 is 5.69 Å². The Balaban J connectivity index is 1.85. The Morgan fingerprint density at radius 2 is 2.30 bits per heavy atom. The summed E-state index contributed by atoms with van der Waals surface area (Å²) in [5, 5.41) is 11.6. The number of aromatic nitrogens is 4. The highest BCUT2D eigenvalue weighted by Gasteiger charge is 2.18. The molecule has 1 saturated heterocycles. The van der Waals surface area contributed by atoms with E-state index in [0.29, 0.717) is 36.1 Å². The second kappa shape index (κ2) is 5.54. The van der Waals surface area contributed by atoms with Crippen LogP contribution < -0.4 is 5.73 Å². The van der Waals surface area contributed by atoms with Crippen molar-refractivity contribution < 1.29 is 9.13 Å². The molecule has 1 aliphatic heterocycles. The van der Waals surface area contributed by atoms with Crippen LogP contribution in [0.4, 0.5) is 10.1 Å². The van der Waals surface area contributed by atoms with Gasteiger partial charge in [0.05, 0.1) is 13.2 Å². The lowest BCUT2D eigenvalue weighted by atomic mass is 10.0. The zero-order valence-electron chi connectivity index (χ0n) is 11.0. The van der Waals surface area contributed by atoms with Gasteiger partial charge in [0.2, 0.25) is 0 Å². The molecular formula is C13H16FN5O. The molecule has 0 bridgehead atoms. The van der Waals surface area contributed by atoms with E-state index in [-0.39, 0.29) is 0 Å². The number of halogens is 1. The monoisotopic (exact) mass is 277 g/mol. The summed E-state index contributed by atoms with van der Waals surface area (Å²) in [7, 11) is 0. The van der Waals surface area contributed by atoms with Crippen LogP contribution in [0, 0.1) is 11.7 Å². The SMILES string of the molecule is Nc1cc(F)cc(-c2nnnn2CC2CCCOC2)c1. The minimum absolute atomic E-state index is 0.357. The third-order valence-corrected chi connectivity index (χ3v) is 3.40. The van der Waals surface area contributed by atoms with Gasteiger partial charge in [0.15, 0.2) is 5.82 Å². The van der Waals surface area contributed by atoms with Gasteiger partial charge in [-0.2, -0.15) is 0 Å². The molecule has 1 aromatic heterocycles. The van der Waals surface area contributed by atoms with Crippen LogP contribution in [0.2, 0.25) is 0 Å². The Kier molecular flexibility index (Phi) is 3.60. The molecule has 1 aromatic carbocycles. The molecule has 1 atom stereocenters. The van der Waals surface area contributed by atoms with Gasteiger partial charge in [0.25, 0.3) is 0 Å². The van der Waals surface area contributed by atoms with Gasteiger partial charge < -0.3 is 10.5 Å². The summed E-state index contributed by atoms with van der Waals surface area (Å²) in [6.45, 7) is 2.20. The topological polar surface area (TPSA) is 78.9 Å². The Morgan fingerprint density at radius 3 is 3.05 bits per heavy atom. The highest BCUT2D eigenvalue weighted by molar-refractivity contribution is 5.61. The average molecular weight is 277 g/mol.